The van der Waals surface area contributed by atoms with Gasteiger partial charge in [-0.25, -0.2) is 4.79 Å². The molecule has 12 aliphatic rings. The molecule has 43 unspecified atom stereocenters. The summed E-state index contributed by atoms with van der Waals surface area (Å²) >= 11 is 0. The lowest BCUT2D eigenvalue weighted by Crippen LogP contribution is -2.69. The number of aliphatic hydroxyl groups excluding tert-OH is 19. The number of aliphatic carboxylic acids is 1. The van der Waals surface area contributed by atoms with E-state index in [0.717, 1.165) is 11.9 Å². The number of rotatable bonds is 18. The molecule has 107 heavy (non-hydrogen) atoms. The van der Waals surface area contributed by atoms with Crippen LogP contribution in [0.1, 0.15) is 113 Å². The summed E-state index contributed by atoms with van der Waals surface area (Å²) < 4.78 is 84.3. The largest absolute Gasteiger partial charge is 0.479 e. The van der Waals surface area contributed by atoms with Crippen molar-refractivity contribution in [2.45, 2.75) is 328 Å². The topological polar surface area (TPSA) is 585 Å². The minimum Gasteiger partial charge on any atom is -0.479 e. The number of hydrogen-bond acceptors (Lipinski definition) is 36. The fourth-order valence-corrected chi connectivity index (χ4v) is 20.3. The van der Waals surface area contributed by atoms with Gasteiger partial charge >= 0.3 is 11.9 Å². The molecule has 5 aliphatic carbocycles. The van der Waals surface area contributed by atoms with E-state index in [1.807, 2.05) is 13.8 Å². The maximum Gasteiger partial charge on any atom is 0.335 e. The van der Waals surface area contributed by atoms with Crippen molar-refractivity contribution in [1.29, 1.82) is 0 Å². The lowest BCUT2D eigenvalue weighted by Gasteiger charge is -2.71. The molecule has 0 aromatic rings. The van der Waals surface area contributed by atoms with Crippen molar-refractivity contribution in [3.63, 3.8) is 0 Å². The zero-order valence-electron chi connectivity index (χ0n) is 60.7. The average Bonchev–Trinajstić information content (AvgIpc) is 0.669. The molecule has 0 aromatic heterocycles. The predicted octanol–water partition coefficient (Wildman–Crippen LogP) is -6.99. The third kappa shape index (κ3) is 14.3. The van der Waals surface area contributed by atoms with E-state index in [1.165, 1.54) is 13.8 Å². The van der Waals surface area contributed by atoms with Gasteiger partial charge in [-0.05, 0) is 111 Å². The smallest absolute Gasteiger partial charge is 0.335 e. The predicted molar refractivity (Wildman–Crippen MR) is 348 cm³/mol. The molecule has 0 aromatic carbocycles. The number of carbonyl (C=O) groups is 3. The second-order valence-electron chi connectivity index (χ2n) is 33.6. The Balaban J connectivity index is 0.815. The van der Waals surface area contributed by atoms with Crippen molar-refractivity contribution in [3.05, 3.63) is 11.6 Å². The zero-order chi connectivity index (χ0) is 78.2. The summed E-state index contributed by atoms with van der Waals surface area (Å²) in [6, 6.07) is 0. The molecule has 11 fully saturated rings. The van der Waals surface area contributed by atoms with Crippen LogP contribution in [-0.4, -0.2) is 362 Å². The molecule has 37 heteroatoms. The van der Waals surface area contributed by atoms with Crippen LogP contribution >= 0.6 is 0 Å². The molecule has 0 amide bonds. The Hall–Kier alpha value is -2.93. The molecule has 612 valence electrons. The molecular formula is C70H110O37. The maximum atomic E-state index is 16.0. The summed E-state index contributed by atoms with van der Waals surface area (Å²) in [7, 11) is 0. The molecule has 4 saturated carbocycles. The summed E-state index contributed by atoms with van der Waals surface area (Å²) in [6.07, 6.45) is -57.8. The van der Waals surface area contributed by atoms with Crippen molar-refractivity contribution in [1.82, 2.24) is 0 Å². The van der Waals surface area contributed by atoms with Gasteiger partial charge in [0.1, 0.15) is 146 Å². The molecule has 7 aliphatic heterocycles. The van der Waals surface area contributed by atoms with Gasteiger partial charge < -0.3 is 173 Å². The molecule has 43 atom stereocenters. The number of hydrogen-bond donors (Lipinski definition) is 20. The van der Waals surface area contributed by atoms with Crippen LogP contribution in [0.5, 0.6) is 0 Å². The highest BCUT2D eigenvalue weighted by Crippen LogP contribution is 2.76. The van der Waals surface area contributed by atoms with Crippen LogP contribution in [0.2, 0.25) is 0 Å². The van der Waals surface area contributed by atoms with E-state index < -0.39 is 298 Å². The molecule has 0 radical (unpaired) electrons. The Morgan fingerprint density at radius 2 is 0.981 bits per heavy atom. The van der Waals surface area contributed by atoms with Crippen LogP contribution in [0, 0.1) is 50.2 Å². The lowest BCUT2D eigenvalue weighted by molar-refractivity contribution is -0.391. The third-order valence-corrected chi connectivity index (χ3v) is 26.8. The van der Waals surface area contributed by atoms with Gasteiger partial charge in [0.2, 0.25) is 6.29 Å². The normalized spacial score (nSPS) is 55.0. The Kier molecular flexibility index (Phi) is 24.5. The van der Waals surface area contributed by atoms with Gasteiger partial charge in [-0.2, -0.15) is 0 Å². The monoisotopic (exact) mass is 1540 g/mol. The number of carboxylic acid groups (broad SMARTS) is 1. The first kappa shape index (κ1) is 83.5. The van der Waals surface area contributed by atoms with E-state index in [-0.39, 0.29) is 25.2 Å². The second kappa shape index (κ2) is 31.4. The van der Waals surface area contributed by atoms with Gasteiger partial charge in [0, 0.05) is 0 Å². The molecular weight excluding hydrogens is 1430 g/mol. The number of carbonyl (C=O) groups excluding carboxylic acids is 2. The van der Waals surface area contributed by atoms with Gasteiger partial charge in [-0.3, -0.25) is 4.79 Å². The quantitative estimate of drug-likeness (QED) is 0.0262. The highest BCUT2D eigenvalue weighted by molar-refractivity contribution is 5.80. The van der Waals surface area contributed by atoms with Crippen LogP contribution < -0.4 is 0 Å². The van der Waals surface area contributed by atoms with Gasteiger partial charge in [0.25, 0.3) is 0 Å². The molecule has 20 N–H and O–H groups in total. The molecule has 0 spiro atoms. The third-order valence-electron chi connectivity index (χ3n) is 26.8. The van der Waals surface area contributed by atoms with Crippen LogP contribution in [0.3, 0.4) is 0 Å². The minimum atomic E-state index is -2.23. The number of ether oxygens (including phenoxy) is 14. The first-order valence-electron chi connectivity index (χ1n) is 37.0. The molecule has 0 bridgehead atoms. The van der Waals surface area contributed by atoms with Gasteiger partial charge in [0.05, 0.1) is 56.3 Å². The van der Waals surface area contributed by atoms with Gasteiger partial charge in [-0.1, -0.05) is 53.2 Å². The highest BCUT2D eigenvalue weighted by atomic mass is 16.8. The molecule has 12 rings (SSSR count). The van der Waals surface area contributed by atoms with Crippen LogP contribution in [0.25, 0.3) is 0 Å². The van der Waals surface area contributed by atoms with E-state index in [4.69, 9.17) is 66.3 Å². The van der Waals surface area contributed by atoms with Crippen molar-refractivity contribution in [3.8, 4) is 0 Å². The number of carboxylic acids is 1. The van der Waals surface area contributed by atoms with Gasteiger partial charge in [-0.15, -0.1) is 0 Å². The number of allylic oxidation sites excluding steroid dienone is 2. The maximum absolute atomic E-state index is 16.0. The first-order chi connectivity index (χ1) is 50.2. The van der Waals surface area contributed by atoms with Crippen molar-refractivity contribution < 1.29 is 183 Å². The zero-order valence-corrected chi connectivity index (χ0v) is 60.7. The van der Waals surface area contributed by atoms with E-state index in [9.17, 15) is 112 Å². The van der Waals surface area contributed by atoms with Crippen LogP contribution in [-0.2, 0) is 80.7 Å². The number of esters is 1. The van der Waals surface area contributed by atoms with E-state index in [0.29, 0.717) is 38.5 Å². The first-order valence-corrected chi connectivity index (χ1v) is 37.0. The number of aliphatic hydroxyl groups is 19. The summed E-state index contributed by atoms with van der Waals surface area (Å²) in [4.78, 5) is 43.3. The highest BCUT2D eigenvalue weighted by Gasteiger charge is 2.73. The van der Waals surface area contributed by atoms with Crippen molar-refractivity contribution in [2.24, 2.45) is 50.2 Å². The Morgan fingerprint density at radius 1 is 0.486 bits per heavy atom. The number of fused-ring (bicyclic) bond motifs is 7. The van der Waals surface area contributed by atoms with Gasteiger partial charge in [0.15, 0.2) is 49.9 Å². The fourth-order valence-electron chi connectivity index (χ4n) is 20.3. The average molecular weight is 1540 g/mol. The minimum absolute atomic E-state index is 0.00304. The van der Waals surface area contributed by atoms with Crippen molar-refractivity contribution >= 4 is 18.2 Å². The van der Waals surface area contributed by atoms with E-state index in [1.54, 1.807) is 6.92 Å². The van der Waals surface area contributed by atoms with Crippen LogP contribution in [0.15, 0.2) is 11.6 Å². The Morgan fingerprint density at radius 3 is 1.53 bits per heavy atom. The van der Waals surface area contributed by atoms with E-state index >= 15 is 4.79 Å². The summed E-state index contributed by atoms with van der Waals surface area (Å²) in [5.74, 6) is -4.23. The summed E-state index contributed by atoms with van der Waals surface area (Å²) in [5, 5.41) is 220. The lowest BCUT2D eigenvalue weighted by atomic mass is 9.33. The summed E-state index contributed by atoms with van der Waals surface area (Å²) in [5.41, 5.74) is -5.10. The van der Waals surface area contributed by atoms with Crippen molar-refractivity contribution in [2.75, 3.05) is 26.4 Å². The summed E-state index contributed by atoms with van der Waals surface area (Å²) in [6.45, 7) is 12.1. The second-order valence-corrected chi connectivity index (χ2v) is 33.6. The molecule has 7 saturated heterocycles. The van der Waals surface area contributed by atoms with E-state index in [2.05, 4.69) is 26.8 Å². The Bertz CT molecular complexity index is 3130. The fraction of sp³-hybridized carbons (Fsp3) is 0.929. The number of aldehydes is 1. The Labute approximate surface area is 615 Å². The molecule has 7 heterocycles. The molecule has 37 nitrogen and oxygen atoms in total. The SMILES string of the molecule is CC1OC(OC2C(C)OC(OC(=O)C34CCC(C)(C)CC3C3=CCC5C6(C)CCC(OC7OC(C(=O)O)C(O)C(OC8OCC(O)C(O)C8O)C7OC7OC(CO)C(O)C(O)C7O)C(C)(C=O)C6CCC5(C)C3(C)CC4O)C(OC3OC(CO)C(O)C(O)C3O)C2O)C(O)C(O)C1OC1OCC(O)C(O)C1O. The van der Waals surface area contributed by atoms with Crippen LogP contribution in [0.4, 0.5) is 0 Å². The standard InChI is InChI=1S/C70H110O37/c1-24-50(101-57-43(84)36(77)28(74)21-94-57)42(83)47(88)59(96-24)102-51-25(2)97-62(54(48(51)89)105-60-45(86)40(81)38(79)30(19-71)98-60)107-64(93)70-16-15-65(3,4)17-27(70)26-9-10-33-66(5)13-12-35(67(6,23-73)32(66)11-14-68(33,7)69(26,8)18-34(70)76)100-63-55(106-61-46(87)41(82)39(80)31(20-72)99-61)52(49(90)53(104-63)56(91)92)103-58-44(85)37(78)29(75)22-95-58/h9,23-25,27-55,57-63,71-72,74-90H,10-22H2,1-8H3,(H,91,92).